The lowest BCUT2D eigenvalue weighted by atomic mass is 9.73. The molecule has 28 heavy (non-hydrogen) atoms. The molecule has 1 heteroatoms. The van der Waals surface area contributed by atoms with Crippen LogP contribution in [0, 0.1) is 11.3 Å². The highest BCUT2D eigenvalue weighted by molar-refractivity contribution is 5.63. The van der Waals surface area contributed by atoms with Crippen molar-refractivity contribution in [3.8, 4) is 11.3 Å². The Bertz CT molecular complexity index is 838. The Hall–Kier alpha value is -1.63. The van der Waals surface area contributed by atoms with E-state index in [4.69, 9.17) is 0 Å². The molecule has 0 N–H and O–H groups in total. The van der Waals surface area contributed by atoms with Crippen LogP contribution in [0.2, 0.25) is 0 Å². The second-order valence-electron chi connectivity index (χ2n) is 10.0. The molecule has 1 aliphatic carbocycles. The summed E-state index contributed by atoms with van der Waals surface area (Å²) in [4.78, 5) is 0. The fourth-order valence-corrected chi connectivity index (χ4v) is 5.99. The fraction of sp³-hybridized carbons (Fsp3) is 0.593. The SMILES string of the molecule is CCCCC1CCCC1(C)Cc1cc[n+]2c(c1)-c1ccccc1CC2(C)CC. The van der Waals surface area contributed by atoms with Crippen molar-refractivity contribution < 1.29 is 4.57 Å². The summed E-state index contributed by atoms with van der Waals surface area (Å²) in [6.45, 7) is 9.65. The number of aromatic nitrogens is 1. The molecule has 1 aromatic heterocycles. The quantitative estimate of drug-likeness (QED) is 0.485. The topological polar surface area (TPSA) is 3.88 Å². The van der Waals surface area contributed by atoms with Gasteiger partial charge in [0, 0.05) is 37.5 Å². The van der Waals surface area contributed by atoms with E-state index in [1.165, 1.54) is 67.3 Å². The first-order chi connectivity index (χ1) is 13.5. The van der Waals surface area contributed by atoms with Gasteiger partial charge >= 0.3 is 0 Å². The van der Waals surface area contributed by atoms with Gasteiger partial charge < -0.3 is 0 Å². The average Bonchev–Trinajstić information content (AvgIpc) is 3.06. The van der Waals surface area contributed by atoms with Crippen LogP contribution in [0.3, 0.4) is 0 Å². The highest BCUT2D eigenvalue weighted by Gasteiger charge is 2.42. The summed E-state index contributed by atoms with van der Waals surface area (Å²) in [5.74, 6) is 0.907. The van der Waals surface area contributed by atoms with Crippen molar-refractivity contribution in [2.45, 2.75) is 91.0 Å². The molecule has 0 radical (unpaired) electrons. The van der Waals surface area contributed by atoms with Crippen molar-refractivity contribution in [3.63, 3.8) is 0 Å². The number of pyridine rings is 1. The summed E-state index contributed by atoms with van der Waals surface area (Å²) in [5.41, 5.74) is 6.58. The van der Waals surface area contributed by atoms with Crippen LogP contribution in [-0.2, 0) is 18.4 Å². The first-order valence-corrected chi connectivity index (χ1v) is 11.6. The van der Waals surface area contributed by atoms with Gasteiger partial charge in [-0.25, -0.2) is 0 Å². The van der Waals surface area contributed by atoms with Crippen molar-refractivity contribution in [1.82, 2.24) is 0 Å². The van der Waals surface area contributed by atoms with Gasteiger partial charge in [-0.2, -0.15) is 4.57 Å². The maximum absolute atomic E-state index is 2.57. The van der Waals surface area contributed by atoms with Gasteiger partial charge in [-0.1, -0.05) is 58.2 Å². The van der Waals surface area contributed by atoms with Crippen LogP contribution in [-0.4, -0.2) is 0 Å². The van der Waals surface area contributed by atoms with Crippen LogP contribution < -0.4 is 4.57 Å². The Labute approximate surface area is 172 Å². The first-order valence-electron chi connectivity index (χ1n) is 11.6. The summed E-state index contributed by atoms with van der Waals surface area (Å²) >= 11 is 0. The number of fused-ring (bicyclic) bond motifs is 3. The lowest BCUT2D eigenvalue weighted by Gasteiger charge is -2.33. The second kappa shape index (κ2) is 7.65. The molecule has 2 aromatic rings. The molecule has 4 rings (SSSR count). The number of hydrogen-bond donors (Lipinski definition) is 0. The van der Waals surface area contributed by atoms with Crippen LogP contribution in [0.4, 0.5) is 0 Å². The van der Waals surface area contributed by atoms with Crippen molar-refractivity contribution in [2.75, 3.05) is 0 Å². The zero-order chi connectivity index (χ0) is 19.8. The molecular weight excluding hydrogens is 338 g/mol. The van der Waals surface area contributed by atoms with E-state index in [9.17, 15) is 0 Å². The predicted octanol–water partition coefficient (Wildman–Crippen LogP) is 6.86. The van der Waals surface area contributed by atoms with Crippen LogP contribution in [0.1, 0.15) is 83.8 Å². The van der Waals surface area contributed by atoms with Crippen molar-refractivity contribution in [3.05, 3.63) is 53.7 Å². The molecule has 3 atom stereocenters. The molecule has 3 unspecified atom stereocenters. The Morgan fingerprint density at radius 3 is 2.71 bits per heavy atom. The molecule has 0 amide bonds. The number of benzene rings is 1. The van der Waals surface area contributed by atoms with Crippen molar-refractivity contribution in [2.24, 2.45) is 11.3 Å². The molecule has 0 bridgehead atoms. The Balaban J connectivity index is 1.69. The average molecular weight is 377 g/mol. The summed E-state index contributed by atoms with van der Waals surface area (Å²) in [6, 6.07) is 14.0. The van der Waals surface area contributed by atoms with Gasteiger partial charge in [-0.05, 0) is 54.2 Å². The van der Waals surface area contributed by atoms with E-state index in [1.807, 2.05) is 0 Å². The number of unbranched alkanes of at least 4 members (excludes halogenated alkanes) is 1. The van der Waals surface area contributed by atoms with Crippen LogP contribution in [0.25, 0.3) is 11.3 Å². The van der Waals surface area contributed by atoms with E-state index in [2.05, 4.69) is 74.9 Å². The lowest BCUT2D eigenvalue weighted by Crippen LogP contribution is -2.58. The molecule has 150 valence electrons. The third kappa shape index (κ3) is 3.42. The second-order valence-corrected chi connectivity index (χ2v) is 10.0. The van der Waals surface area contributed by atoms with Crippen LogP contribution >= 0.6 is 0 Å². The molecule has 2 heterocycles. The summed E-state index contributed by atoms with van der Waals surface area (Å²) in [6.07, 6.45) is 14.3. The lowest BCUT2D eigenvalue weighted by molar-refractivity contribution is -0.754. The van der Waals surface area contributed by atoms with Gasteiger partial charge in [0.05, 0.1) is 0 Å². The number of hydrogen-bond acceptors (Lipinski definition) is 0. The molecule has 1 nitrogen and oxygen atoms in total. The van der Waals surface area contributed by atoms with Crippen LogP contribution in [0.15, 0.2) is 42.6 Å². The number of rotatable bonds is 6. The van der Waals surface area contributed by atoms with E-state index < -0.39 is 0 Å². The highest BCUT2D eigenvalue weighted by atomic mass is 15.1. The van der Waals surface area contributed by atoms with Crippen molar-refractivity contribution >= 4 is 0 Å². The van der Waals surface area contributed by atoms with E-state index in [0.29, 0.717) is 5.41 Å². The van der Waals surface area contributed by atoms with Crippen molar-refractivity contribution in [1.29, 1.82) is 0 Å². The number of nitrogens with zero attached hydrogens (tertiary/aromatic N) is 1. The van der Waals surface area contributed by atoms with Gasteiger partial charge in [0.25, 0.3) is 0 Å². The fourth-order valence-electron chi connectivity index (χ4n) is 5.99. The largest absolute Gasteiger partial charge is 0.213 e. The summed E-state index contributed by atoms with van der Waals surface area (Å²) in [7, 11) is 0. The molecular formula is C27H38N+. The van der Waals surface area contributed by atoms with E-state index in [1.54, 1.807) is 0 Å². The first kappa shape index (κ1) is 19.7. The summed E-state index contributed by atoms with van der Waals surface area (Å²) in [5, 5.41) is 0. The minimum absolute atomic E-state index is 0.184. The van der Waals surface area contributed by atoms with Gasteiger partial charge in [0.15, 0.2) is 11.7 Å². The maximum atomic E-state index is 2.57. The van der Waals surface area contributed by atoms with E-state index in [-0.39, 0.29) is 5.54 Å². The molecule has 1 aromatic carbocycles. The smallest absolute Gasteiger partial charge is 0.193 e. The third-order valence-corrected chi connectivity index (χ3v) is 8.03. The Morgan fingerprint density at radius 2 is 1.93 bits per heavy atom. The molecule has 1 fully saturated rings. The van der Waals surface area contributed by atoms with Gasteiger partial charge in [0.2, 0.25) is 5.69 Å². The molecule has 0 spiro atoms. The molecule has 0 saturated heterocycles. The normalized spacial score (nSPS) is 28.8. The van der Waals surface area contributed by atoms with E-state index >= 15 is 0 Å². The van der Waals surface area contributed by atoms with Crippen LogP contribution in [0.5, 0.6) is 0 Å². The predicted molar refractivity (Wildman–Crippen MR) is 118 cm³/mol. The summed E-state index contributed by atoms with van der Waals surface area (Å²) < 4.78 is 2.56. The molecule has 1 saturated carbocycles. The highest BCUT2D eigenvalue weighted by Crippen LogP contribution is 2.48. The third-order valence-electron chi connectivity index (χ3n) is 8.03. The maximum Gasteiger partial charge on any atom is 0.213 e. The monoisotopic (exact) mass is 376 g/mol. The minimum atomic E-state index is 0.184. The van der Waals surface area contributed by atoms with Gasteiger partial charge in [0.1, 0.15) is 0 Å². The van der Waals surface area contributed by atoms with Gasteiger partial charge in [-0.15, -0.1) is 0 Å². The van der Waals surface area contributed by atoms with Gasteiger partial charge in [-0.3, -0.25) is 0 Å². The molecule has 1 aliphatic heterocycles. The zero-order valence-electron chi connectivity index (χ0n) is 18.4. The Morgan fingerprint density at radius 1 is 1.11 bits per heavy atom. The van der Waals surface area contributed by atoms with E-state index in [0.717, 1.165) is 18.8 Å². The standard InChI is InChI=1S/C27H38N/c1-5-7-12-23-13-10-16-26(23,3)19-21-15-17-28-25(18-21)24-14-9-8-11-22(24)20-27(28,4)6-2/h8-9,11,14-15,17-18,23H,5-7,10,12-13,16,19-20H2,1-4H3/q+1. The minimum Gasteiger partial charge on any atom is -0.193 e. The Kier molecular flexibility index (Phi) is 5.38. The zero-order valence-corrected chi connectivity index (χ0v) is 18.4. The molecule has 2 aliphatic rings.